The Morgan fingerprint density at radius 2 is 1.86 bits per heavy atom. The van der Waals surface area contributed by atoms with Gasteiger partial charge < -0.3 is 11.1 Å². The molecule has 0 amide bonds. The standard InChI is InChI=1S/C21H18N8/c22-10-14-16(11-23)29-21(27-19(14)24)17-18(28-29)13-8-4-5-9-15(13)26-20(17)25-12-6-2-1-3-7-12/h4-5,8-9,12H,1-3,6-7H2,(H2,24,27)(H,25,26). The molecule has 0 aliphatic heterocycles. The minimum atomic E-state index is 0.0233. The van der Waals surface area contributed by atoms with Gasteiger partial charge in [0.05, 0.1) is 10.9 Å². The van der Waals surface area contributed by atoms with Crippen molar-refractivity contribution >= 4 is 39.1 Å². The average Bonchev–Trinajstić information content (AvgIpc) is 3.13. The highest BCUT2D eigenvalue weighted by Crippen LogP contribution is 2.34. The first-order chi connectivity index (χ1) is 14.2. The maximum absolute atomic E-state index is 9.66. The Kier molecular flexibility index (Phi) is 3.92. The molecule has 0 saturated heterocycles. The van der Waals surface area contributed by atoms with Crippen LogP contribution in [0.25, 0.3) is 27.5 Å². The van der Waals surface area contributed by atoms with Gasteiger partial charge in [-0.15, -0.1) is 0 Å². The molecule has 1 fully saturated rings. The van der Waals surface area contributed by atoms with Gasteiger partial charge in [-0.05, 0) is 18.9 Å². The minimum absolute atomic E-state index is 0.0233. The number of nitrogens with two attached hydrogens (primary N) is 1. The number of anilines is 2. The first-order valence-corrected chi connectivity index (χ1v) is 9.68. The molecular weight excluding hydrogens is 364 g/mol. The lowest BCUT2D eigenvalue weighted by Gasteiger charge is -2.23. The van der Waals surface area contributed by atoms with Crippen LogP contribution in [-0.4, -0.2) is 25.6 Å². The van der Waals surface area contributed by atoms with E-state index in [4.69, 9.17) is 10.7 Å². The second-order valence-corrected chi connectivity index (χ2v) is 7.36. The number of hydrogen-bond donors (Lipinski definition) is 2. The molecule has 0 atom stereocenters. The normalized spacial score (nSPS) is 14.8. The molecule has 1 aliphatic carbocycles. The van der Waals surface area contributed by atoms with Crippen LogP contribution in [-0.2, 0) is 0 Å². The molecule has 0 radical (unpaired) electrons. The van der Waals surface area contributed by atoms with Gasteiger partial charge in [-0.25, -0.2) is 14.5 Å². The number of hydrogen-bond acceptors (Lipinski definition) is 7. The first kappa shape index (κ1) is 17.2. The SMILES string of the molecule is N#Cc1c(N)nc2c3c(NC4CCCCC4)nc4ccccc4c3nn2c1C#N. The quantitative estimate of drug-likeness (QED) is 0.543. The Labute approximate surface area is 166 Å². The molecule has 8 nitrogen and oxygen atoms in total. The van der Waals surface area contributed by atoms with Crippen LogP contribution < -0.4 is 11.1 Å². The molecule has 3 aromatic heterocycles. The Morgan fingerprint density at radius 1 is 1.07 bits per heavy atom. The second kappa shape index (κ2) is 6.61. The zero-order valence-electron chi connectivity index (χ0n) is 15.7. The lowest BCUT2D eigenvalue weighted by atomic mass is 9.95. The fraction of sp³-hybridized carbons (Fsp3) is 0.286. The molecule has 3 heterocycles. The molecule has 3 N–H and O–H groups in total. The second-order valence-electron chi connectivity index (χ2n) is 7.36. The van der Waals surface area contributed by atoms with Gasteiger partial charge in [-0.3, -0.25) is 0 Å². The van der Waals surface area contributed by atoms with E-state index in [1.54, 1.807) is 0 Å². The van der Waals surface area contributed by atoms with Crippen LogP contribution in [0, 0.1) is 22.7 Å². The summed E-state index contributed by atoms with van der Waals surface area (Å²) in [6.45, 7) is 0. The summed E-state index contributed by atoms with van der Waals surface area (Å²) in [7, 11) is 0. The number of fused-ring (bicyclic) bond motifs is 5. The number of nitrogen functional groups attached to an aromatic ring is 1. The van der Waals surface area contributed by atoms with Gasteiger partial charge in [0.2, 0.25) is 0 Å². The summed E-state index contributed by atoms with van der Waals surface area (Å²) in [5, 5.41) is 28.9. The molecule has 0 spiro atoms. The number of rotatable bonds is 2. The maximum Gasteiger partial charge on any atom is 0.170 e. The van der Waals surface area contributed by atoms with Gasteiger partial charge in [0.25, 0.3) is 0 Å². The molecule has 5 rings (SSSR count). The number of para-hydroxylation sites is 1. The lowest BCUT2D eigenvalue weighted by molar-refractivity contribution is 0.462. The smallest absolute Gasteiger partial charge is 0.170 e. The van der Waals surface area contributed by atoms with Crippen molar-refractivity contribution in [3.8, 4) is 12.1 Å². The highest BCUT2D eigenvalue weighted by Gasteiger charge is 2.23. The van der Waals surface area contributed by atoms with Crippen LogP contribution in [0.4, 0.5) is 11.6 Å². The third kappa shape index (κ3) is 2.61. The van der Waals surface area contributed by atoms with Crippen LogP contribution in [0.15, 0.2) is 24.3 Å². The van der Waals surface area contributed by atoms with Gasteiger partial charge in [-0.2, -0.15) is 15.6 Å². The van der Waals surface area contributed by atoms with E-state index >= 15 is 0 Å². The Morgan fingerprint density at radius 3 is 2.62 bits per heavy atom. The predicted octanol–water partition coefficient (Wildman–Crippen LogP) is 3.50. The van der Waals surface area contributed by atoms with Gasteiger partial charge in [0.15, 0.2) is 11.3 Å². The van der Waals surface area contributed by atoms with Crippen molar-refractivity contribution < 1.29 is 0 Å². The molecule has 29 heavy (non-hydrogen) atoms. The van der Waals surface area contributed by atoms with E-state index in [2.05, 4.69) is 21.5 Å². The highest BCUT2D eigenvalue weighted by atomic mass is 15.3. The highest BCUT2D eigenvalue weighted by molar-refractivity contribution is 6.13. The van der Waals surface area contributed by atoms with Gasteiger partial charge in [0.1, 0.15) is 34.9 Å². The summed E-state index contributed by atoms with van der Waals surface area (Å²) < 4.78 is 1.42. The van der Waals surface area contributed by atoms with E-state index in [0.717, 1.165) is 29.1 Å². The van der Waals surface area contributed by atoms with Crippen molar-refractivity contribution in [1.29, 1.82) is 10.5 Å². The third-order valence-electron chi connectivity index (χ3n) is 5.58. The van der Waals surface area contributed by atoms with E-state index in [1.165, 1.54) is 23.8 Å². The molecule has 1 aliphatic rings. The number of nitriles is 2. The Balaban J connectivity index is 1.87. The molecule has 142 valence electrons. The van der Waals surface area contributed by atoms with Gasteiger partial charge in [-0.1, -0.05) is 37.5 Å². The van der Waals surface area contributed by atoms with Crippen molar-refractivity contribution in [2.24, 2.45) is 0 Å². The molecule has 1 aromatic carbocycles. The molecule has 1 saturated carbocycles. The van der Waals surface area contributed by atoms with E-state index in [0.29, 0.717) is 23.0 Å². The summed E-state index contributed by atoms with van der Waals surface area (Å²) in [6.07, 6.45) is 5.83. The predicted molar refractivity (Wildman–Crippen MR) is 110 cm³/mol. The van der Waals surface area contributed by atoms with Crippen LogP contribution in [0.5, 0.6) is 0 Å². The largest absolute Gasteiger partial charge is 0.382 e. The fourth-order valence-corrected chi connectivity index (χ4v) is 4.18. The number of nitrogens with zero attached hydrogens (tertiary/aromatic N) is 6. The maximum atomic E-state index is 9.66. The van der Waals surface area contributed by atoms with E-state index in [1.807, 2.05) is 30.3 Å². The van der Waals surface area contributed by atoms with Gasteiger partial charge in [0, 0.05) is 11.4 Å². The first-order valence-electron chi connectivity index (χ1n) is 9.68. The summed E-state index contributed by atoms with van der Waals surface area (Å²) in [6, 6.07) is 12.1. The van der Waals surface area contributed by atoms with Crippen molar-refractivity contribution in [1.82, 2.24) is 19.6 Å². The fourth-order valence-electron chi connectivity index (χ4n) is 4.18. The van der Waals surface area contributed by atoms with Crippen molar-refractivity contribution in [2.45, 2.75) is 38.1 Å². The zero-order chi connectivity index (χ0) is 20.0. The number of nitrogens with one attached hydrogen (secondary N) is 1. The van der Waals surface area contributed by atoms with E-state index < -0.39 is 0 Å². The monoisotopic (exact) mass is 382 g/mol. The number of benzene rings is 1. The average molecular weight is 382 g/mol. The molecule has 4 aromatic rings. The lowest BCUT2D eigenvalue weighted by Crippen LogP contribution is -2.23. The van der Waals surface area contributed by atoms with Crippen LogP contribution in [0.1, 0.15) is 43.4 Å². The van der Waals surface area contributed by atoms with Crippen molar-refractivity contribution in [3.63, 3.8) is 0 Å². The summed E-state index contributed by atoms with van der Waals surface area (Å²) >= 11 is 0. The van der Waals surface area contributed by atoms with E-state index in [9.17, 15) is 10.5 Å². The summed E-state index contributed by atoms with van der Waals surface area (Å²) in [4.78, 5) is 9.28. The van der Waals surface area contributed by atoms with Crippen LogP contribution in [0.3, 0.4) is 0 Å². The number of aromatic nitrogens is 4. The van der Waals surface area contributed by atoms with Crippen LogP contribution in [0.2, 0.25) is 0 Å². The topological polar surface area (TPSA) is 129 Å². The van der Waals surface area contributed by atoms with Crippen molar-refractivity contribution in [2.75, 3.05) is 11.1 Å². The van der Waals surface area contributed by atoms with Crippen molar-refractivity contribution in [3.05, 3.63) is 35.5 Å². The summed E-state index contributed by atoms with van der Waals surface area (Å²) in [5.74, 6) is 0.719. The number of pyridine rings is 1. The summed E-state index contributed by atoms with van der Waals surface area (Å²) in [5.41, 5.74) is 8.06. The Hall–Kier alpha value is -3.91. The van der Waals surface area contributed by atoms with E-state index in [-0.39, 0.29) is 17.1 Å². The Bertz CT molecular complexity index is 1350. The molecular formula is C21H18N8. The van der Waals surface area contributed by atoms with Gasteiger partial charge >= 0.3 is 0 Å². The minimum Gasteiger partial charge on any atom is -0.382 e. The molecule has 0 unspecified atom stereocenters. The van der Waals surface area contributed by atoms with Crippen LogP contribution >= 0.6 is 0 Å². The third-order valence-corrected chi connectivity index (χ3v) is 5.58. The zero-order valence-corrected chi connectivity index (χ0v) is 15.7. The molecule has 8 heteroatoms. The molecule has 0 bridgehead atoms.